The number of morpholine rings is 1. The Bertz CT molecular complexity index is 352. The second-order valence-electron chi connectivity index (χ2n) is 4.41. The van der Waals surface area contributed by atoms with Crippen LogP contribution >= 0.6 is 0 Å². The van der Waals surface area contributed by atoms with Gasteiger partial charge < -0.3 is 15.0 Å². The number of anilines is 1. The molecule has 1 N–H and O–H groups in total. The van der Waals surface area contributed by atoms with Crippen LogP contribution in [0.2, 0.25) is 0 Å². The van der Waals surface area contributed by atoms with Crippen LogP contribution in [-0.4, -0.2) is 49.4 Å². The summed E-state index contributed by atoms with van der Waals surface area (Å²) in [5.74, 6) is 0.786. The summed E-state index contributed by atoms with van der Waals surface area (Å²) in [7, 11) is 2.02. The van der Waals surface area contributed by atoms with Crippen molar-refractivity contribution < 1.29 is 4.74 Å². The van der Waals surface area contributed by atoms with Crippen LogP contribution in [0.5, 0.6) is 0 Å². The van der Waals surface area contributed by atoms with Gasteiger partial charge in [0.05, 0.1) is 12.7 Å². The van der Waals surface area contributed by atoms with E-state index in [4.69, 9.17) is 4.74 Å². The Morgan fingerprint density at radius 1 is 1.59 bits per heavy atom. The van der Waals surface area contributed by atoms with E-state index in [2.05, 4.69) is 20.2 Å². The second kappa shape index (κ2) is 5.93. The number of nitrogens with zero attached hydrogens (tertiary/aromatic N) is 3. The molecule has 94 valence electrons. The lowest BCUT2D eigenvalue weighted by Gasteiger charge is -2.26. The zero-order chi connectivity index (χ0) is 12.1. The van der Waals surface area contributed by atoms with Gasteiger partial charge in [0.25, 0.3) is 0 Å². The first-order valence-electron chi connectivity index (χ1n) is 6.09. The van der Waals surface area contributed by atoms with Crippen LogP contribution in [-0.2, 0) is 4.74 Å². The van der Waals surface area contributed by atoms with Crippen molar-refractivity contribution >= 4 is 5.95 Å². The standard InChI is InChI=1S/C12H20N4O/c1-10-3-5-14-12(15-10)16(2)7-4-11-9-13-6-8-17-11/h3,5,11,13H,4,6-9H2,1-2H3. The molecule has 1 unspecified atom stereocenters. The molecule has 1 aromatic heterocycles. The molecule has 2 rings (SSSR count). The van der Waals surface area contributed by atoms with Crippen molar-refractivity contribution in [1.82, 2.24) is 15.3 Å². The lowest BCUT2D eigenvalue weighted by molar-refractivity contribution is 0.0250. The molecule has 0 saturated carbocycles. The SMILES string of the molecule is Cc1ccnc(N(C)CCC2CNCCO2)n1. The highest BCUT2D eigenvalue weighted by Crippen LogP contribution is 2.08. The molecular formula is C12H20N4O. The molecule has 0 spiro atoms. The maximum absolute atomic E-state index is 5.66. The number of hydrogen-bond donors (Lipinski definition) is 1. The summed E-state index contributed by atoms with van der Waals surface area (Å²) in [6, 6.07) is 1.91. The Morgan fingerprint density at radius 2 is 2.47 bits per heavy atom. The minimum absolute atomic E-state index is 0.316. The van der Waals surface area contributed by atoms with Gasteiger partial charge in [-0.25, -0.2) is 9.97 Å². The molecule has 0 amide bonds. The highest BCUT2D eigenvalue weighted by atomic mass is 16.5. The first-order chi connectivity index (χ1) is 8.25. The Balaban J connectivity index is 1.82. The van der Waals surface area contributed by atoms with Gasteiger partial charge in [0.15, 0.2) is 0 Å². The van der Waals surface area contributed by atoms with Gasteiger partial charge in [0.1, 0.15) is 0 Å². The zero-order valence-electron chi connectivity index (χ0n) is 10.5. The summed E-state index contributed by atoms with van der Waals surface area (Å²) >= 11 is 0. The van der Waals surface area contributed by atoms with Crippen LogP contribution < -0.4 is 10.2 Å². The molecule has 0 bridgehead atoms. The molecule has 1 aliphatic rings. The third-order valence-electron chi connectivity index (χ3n) is 2.91. The maximum atomic E-state index is 5.66. The van der Waals surface area contributed by atoms with Crippen LogP contribution in [0.4, 0.5) is 5.95 Å². The van der Waals surface area contributed by atoms with Crippen molar-refractivity contribution in [1.29, 1.82) is 0 Å². The number of ether oxygens (including phenoxy) is 1. The molecule has 0 radical (unpaired) electrons. The van der Waals surface area contributed by atoms with Crippen molar-refractivity contribution in [3.8, 4) is 0 Å². The number of aromatic nitrogens is 2. The molecule has 1 atom stereocenters. The van der Waals surface area contributed by atoms with Crippen molar-refractivity contribution in [2.45, 2.75) is 19.4 Å². The molecule has 1 fully saturated rings. The number of nitrogens with one attached hydrogen (secondary N) is 1. The molecule has 17 heavy (non-hydrogen) atoms. The molecular weight excluding hydrogens is 216 g/mol. The normalized spacial score (nSPS) is 20.2. The average molecular weight is 236 g/mol. The van der Waals surface area contributed by atoms with Gasteiger partial charge in [-0.05, 0) is 19.4 Å². The Labute approximate surface area is 102 Å². The zero-order valence-corrected chi connectivity index (χ0v) is 10.5. The monoisotopic (exact) mass is 236 g/mol. The van der Waals surface area contributed by atoms with E-state index >= 15 is 0 Å². The third-order valence-corrected chi connectivity index (χ3v) is 2.91. The van der Waals surface area contributed by atoms with Gasteiger partial charge in [0.2, 0.25) is 5.95 Å². The fourth-order valence-corrected chi connectivity index (χ4v) is 1.86. The number of hydrogen-bond acceptors (Lipinski definition) is 5. The first kappa shape index (κ1) is 12.3. The van der Waals surface area contributed by atoms with Gasteiger partial charge in [-0.1, -0.05) is 0 Å². The van der Waals surface area contributed by atoms with Crippen molar-refractivity contribution in [2.24, 2.45) is 0 Å². The van der Waals surface area contributed by atoms with E-state index in [0.29, 0.717) is 6.10 Å². The van der Waals surface area contributed by atoms with E-state index in [1.165, 1.54) is 0 Å². The summed E-state index contributed by atoms with van der Waals surface area (Å²) in [4.78, 5) is 10.7. The van der Waals surface area contributed by atoms with E-state index < -0.39 is 0 Å². The number of aryl methyl sites for hydroxylation is 1. The quantitative estimate of drug-likeness (QED) is 0.829. The fourth-order valence-electron chi connectivity index (χ4n) is 1.86. The summed E-state index contributed by atoms with van der Waals surface area (Å²) in [6.45, 7) is 5.62. The smallest absolute Gasteiger partial charge is 0.225 e. The minimum atomic E-state index is 0.316. The van der Waals surface area contributed by atoms with E-state index in [1.807, 2.05) is 20.0 Å². The lowest BCUT2D eigenvalue weighted by Crippen LogP contribution is -2.40. The molecule has 0 aliphatic carbocycles. The third kappa shape index (κ3) is 3.64. The van der Waals surface area contributed by atoms with Gasteiger partial charge in [0, 0.05) is 38.6 Å². The van der Waals surface area contributed by atoms with Crippen LogP contribution in [0.1, 0.15) is 12.1 Å². The van der Waals surface area contributed by atoms with E-state index in [1.54, 1.807) is 6.20 Å². The Morgan fingerprint density at radius 3 is 3.18 bits per heavy atom. The molecule has 5 heteroatoms. The summed E-state index contributed by atoms with van der Waals surface area (Å²) in [6.07, 6.45) is 3.11. The average Bonchev–Trinajstić information content (AvgIpc) is 2.37. The summed E-state index contributed by atoms with van der Waals surface area (Å²) in [5.41, 5.74) is 0.998. The first-order valence-corrected chi connectivity index (χ1v) is 6.09. The summed E-state index contributed by atoms with van der Waals surface area (Å²) < 4.78 is 5.66. The topological polar surface area (TPSA) is 50.3 Å². The molecule has 0 aromatic carbocycles. The molecule has 1 saturated heterocycles. The van der Waals surface area contributed by atoms with Crippen molar-refractivity contribution in [2.75, 3.05) is 38.2 Å². The fraction of sp³-hybridized carbons (Fsp3) is 0.667. The molecule has 1 aromatic rings. The highest BCUT2D eigenvalue weighted by Gasteiger charge is 2.14. The predicted molar refractivity (Wildman–Crippen MR) is 67.3 cm³/mol. The van der Waals surface area contributed by atoms with Gasteiger partial charge in [-0.2, -0.15) is 0 Å². The Hall–Kier alpha value is -1.20. The van der Waals surface area contributed by atoms with Crippen LogP contribution in [0, 0.1) is 6.92 Å². The van der Waals surface area contributed by atoms with Crippen LogP contribution in [0.3, 0.4) is 0 Å². The molecule has 5 nitrogen and oxygen atoms in total. The van der Waals surface area contributed by atoms with Crippen LogP contribution in [0.25, 0.3) is 0 Å². The Kier molecular flexibility index (Phi) is 4.28. The number of rotatable bonds is 4. The van der Waals surface area contributed by atoms with Crippen molar-refractivity contribution in [3.63, 3.8) is 0 Å². The van der Waals surface area contributed by atoms with E-state index in [0.717, 1.165) is 44.3 Å². The maximum Gasteiger partial charge on any atom is 0.225 e. The van der Waals surface area contributed by atoms with E-state index in [-0.39, 0.29) is 0 Å². The lowest BCUT2D eigenvalue weighted by atomic mass is 10.2. The van der Waals surface area contributed by atoms with Gasteiger partial charge in [-0.15, -0.1) is 0 Å². The molecule has 1 aliphatic heterocycles. The predicted octanol–water partition coefficient (Wildman–Crippen LogP) is 0.600. The second-order valence-corrected chi connectivity index (χ2v) is 4.41. The largest absolute Gasteiger partial charge is 0.376 e. The van der Waals surface area contributed by atoms with Crippen molar-refractivity contribution in [3.05, 3.63) is 18.0 Å². The molecule has 2 heterocycles. The van der Waals surface area contributed by atoms with Gasteiger partial charge in [-0.3, -0.25) is 0 Å². The minimum Gasteiger partial charge on any atom is -0.376 e. The van der Waals surface area contributed by atoms with E-state index in [9.17, 15) is 0 Å². The summed E-state index contributed by atoms with van der Waals surface area (Å²) in [5, 5.41) is 3.33. The van der Waals surface area contributed by atoms with Crippen LogP contribution in [0.15, 0.2) is 12.3 Å². The van der Waals surface area contributed by atoms with Gasteiger partial charge >= 0.3 is 0 Å². The highest BCUT2D eigenvalue weighted by molar-refractivity contribution is 5.28.